The average molecular weight is 338 g/mol. The Morgan fingerprint density at radius 3 is 2.96 bits per heavy atom. The number of fused-ring (bicyclic) bond motifs is 1. The maximum atomic E-state index is 12.0. The lowest BCUT2D eigenvalue weighted by Gasteiger charge is -2.04. The van der Waals surface area contributed by atoms with Gasteiger partial charge in [0.15, 0.2) is 6.61 Å². The molecule has 8 nitrogen and oxygen atoms in total. The van der Waals surface area contributed by atoms with Crippen LogP contribution in [-0.4, -0.2) is 20.5 Å². The van der Waals surface area contributed by atoms with Crippen LogP contribution in [0.15, 0.2) is 58.6 Å². The van der Waals surface area contributed by atoms with Gasteiger partial charge in [-0.15, -0.1) is 0 Å². The Hall–Kier alpha value is -3.55. The van der Waals surface area contributed by atoms with E-state index >= 15 is 0 Å². The van der Waals surface area contributed by atoms with Gasteiger partial charge < -0.3 is 4.84 Å². The third kappa shape index (κ3) is 3.86. The summed E-state index contributed by atoms with van der Waals surface area (Å²) in [7, 11) is 0. The summed E-state index contributed by atoms with van der Waals surface area (Å²) in [5, 5.41) is 14.5. The summed E-state index contributed by atoms with van der Waals surface area (Å²) in [6.45, 7) is 1.93. The normalized spacial score (nSPS) is 11.1. The zero-order valence-corrected chi connectivity index (χ0v) is 13.3. The number of non-ortho nitro benzene ring substituents is 1. The van der Waals surface area contributed by atoms with E-state index in [0.29, 0.717) is 16.9 Å². The average Bonchev–Trinajstić information content (AvgIpc) is 2.58. The molecule has 0 radical (unpaired) electrons. The van der Waals surface area contributed by atoms with E-state index in [1.165, 1.54) is 28.8 Å². The van der Waals surface area contributed by atoms with E-state index in [1.807, 2.05) is 13.0 Å². The molecule has 2 aromatic heterocycles. The SMILES string of the molecule is Cc1ccn2c(=O)cc(CON=Cc3cccc([N+](=O)[O-])c3)nc2c1. The summed E-state index contributed by atoms with van der Waals surface area (Å²) < 4.78 is 1.45. The van der Waals surface area contributed by atoms with Gasteiger partial charge in [0.1, 0.15) is 5.65 Å². The largest absolute Gasteiger partial charge is 0.389 e. The van der Waals surface area contributed by atoms with Crippen molar-refractivity contribution >= 4 is 17.5 Å². The van der Waals surface area contributed by atoms with Gasteiger partial charge in [-0.25, -0.2) is 4.98 Å². The van der Waals surface area contributed by atoms with Crippen LogP contribution in [0.2, 0.25) is 0 Å². The number of pyridine rings is 1. The summed E-state index contributed by atoms with van der Waals surface area (Å²) in [6.07, 6.45) is 3.04. The first kappa shape index (κ1) is 16.3. The predicted molar refractivity (Wildman–Crippen MR) is 91.7 cm³/mol. The Labute approximate surface area is 142 Å². The Bertz CT molecular complexity index is 1030. The van der Waals surface area contributed by atoms with Gasteiger partial charge in [-0.2, -0.15) is 0 Å². The second-order valence-electron chi connectivity index (χ2n) is 5.38. The van der Waals surface area contributed by atoms with Crippen LogP contribution in [0.5, 0.6) is 0 Å². The van der Waals surface area contributed by atoms with E-state index in [4.69, 9.17) is 4.84 Å². The first-order chi connectivity index (χ1) is 12.0. The molecular formula is C17H14N4O4. The molecule has 0 aliphatic carbocycles. The van der Waals surface area contributed by atoms with Crippen molar-refractivity contribution in [3.8, 4) is 0 Å². The molecule has 1 aromatic carbocycles. The van der Waals surface area contributed by atoms with Crippen molar-refractivity contribution in [2.45, 2.75) is 13.5 Å². The van der Waals surface area contributed by atoms with Crippen LogP contribution in [0.1, 0.15) is 16.8 Å². The van der Waals surface area contributed by atoms with E-state index in [9.17, 15) is 14.9 Å². The number of rotatable bonds is 5. The van der Waals surface area contributed by atoms with Crippen molar-refractivity contribution in [2.24, 2.45) is 5.16 Å². The number of aryl methyl sites for hydroxylation is 1. The monoisotopic (exact) mass is 338 g/mol. The number of benzene rings is 1. The van der Waals surface area contributed by atoms with Crippen molar-refractivity contribution in [1.29, 1.82) is 0 Å². The molecule has 126 valence electrons. The van der Waals surface area contributed by atoms with Crippen molar-refractivity contribution in [1.82, 2.24) is 9.38 Å². The molecule has 0 saturated heterocycles. The second-order valence-corrected chi connectivity index (χ2v) is 5.38. The van der Waals surface area contributed by atoms with Gasteiger partial charge in [-0.1, -0.05) is 17.3 Å². The third-order valence-electron chi connectivity index (χ3n) is 3.45. The molecule has 0 bridgehead atoms. The van der Waals surface area contributed by atoms with Crippen LogP contribution in [0.3, 0.4) is 0 Å². The minimum atomic E-state index is -0.480. The van der Waals surface area contributed by atoms with Crippen LogP contribution in [-0.2, 0) is 11.4 Å². The van der Waals surface area contributed by atoms with Crippen LogP contribution in [0.25, 0.3) is 5.65 Å². The first-order valence-electron chi connectivity index (χ1n) is 7.42. The van der Waals surface area contributed by atoms with E-state index in [0.717, 1.165) is 5.56 Å². The Morgan fingerprint density at radius 1 is 1.32 bits per heavy atom. The second kappa shape index (κ2) is 6.91. The molecule has 0 aliphatic heterocycles. The fourth-order valence-electron chi connectivity index (χ4n) is 2.25. The van der Waals surface area contributed by atoms with Crippen molar-refractivity contribution < 1.29 is 9.76 Å². The minimum absolute atomic E-state index is 0.0190. The molecule has 0 N–H and O–H groups in total. The van der Waals surface area contributed by atoms with Crippen molar-refractivity contribution in [3.05, 3.63) is 86.0 Å². The summed E-state index contributed by atoms with van der Waals surface area (Å²) in [6, 6.07) is 11.0. The Balaban J connectivity index is 1.71. The predicted octanol–water partition coefficient (Wildman–Crippen LogP) is 2.46. The number of hydrogen-bond acceptors (Lipinski definition) is 6. The third-order valence-corrected chi connectivity index (χ3v) is 3.45. The van der Waals surface area contributed by atoms with Gasteiger partial charge in [0.05, 0.1) is 16.8 Å². The molecule has 0 aliphatic rings. The Kier molecular flexibility index (Phi) is 4.51. The van der Waals surface area contributed by atoms with Gasteiger partial charge in [-0.05, 0) is 24.6 Å². The quantitative estimate of drug-likeness (QED) is 0.404. The van der Waals surface area contributed by atoms with Gasteiger partial charge in [0.2, 0.25) is 0 Å². The molecule has 0 atom stereocenters. The van der Waals surface area contributed by atoms with Crippen molar-refractivity contribution in [3.63, 3.8) is 0 Å². The first-order valence-corrected chi connectivity index (χ1v) is 7.42. The fraction of sp³-hybridized carbons (Fsp3) is 0.118. The molecule has 0 saturated carbocycles. The van der Waals surface area contributed by atoms with Crippen molar-refractivity contribution in [2.75, 3.05) is 0 Å². The van der Waals surface area contributed by atoms with E-state index in [2.05, 4.69) is 10.1 Å². The summed E-state index contributed by atoms with van der Waals surface area (Å²) >= 11 is 0. The molecule has 8 heteroatoms. The molecule has 0 fully saturated rings. The molecule has 2 heterocycles. The number of aromatic nitrogens is 2. The lowest BCUT2D eigenvalue weighted by atomic mass is 10.2. The van der Waals surface area contributed by atoms with Crippen LogP contribution < -0.4 is 5.56 Å². The molecule has 3 aromatic rings. The molecule has 25 heavy (non-hydrogen) atoms. The number of nitro groups is 1. The highest BCUT2D eigenvalue weighted by molar-refractivity contribution is 5.80. The smallest absolute Gasteiger partial charge is 0.270 e. The van der Waals surface area contributed by atoms with E-state index in [-0.39, 0.29) is 17.9 Å². The Morgan fingerprint density at radius 2 is 2.16 bits per heavy atom. The molecule has 0 amide bonds. The number of nitro benzene ring substituents is 1. The van der Waals surface area contributed by atoms with Crippen LogP contribution in [0, 0.1) is 17.0 Å². The van der Waals surface area contributed by atoms with Crippen LogP contribution >= 0.6 is 0 Å². The maximum Gasteiger partial charge on any atom is 0.270 e. The lowest BCUT2D eigenvalue weighted by Crippen LogP contribution is -2.15. The number of nitrogens with zero attached hydrogens (tertiary/aromatic N) is 4. The zero-order valence-electron chi connectivity index (χ0n) is 13.3. The molecular weight excluding hydrogens is 324 g/mol. The summed E-state index contributed by atoms with van der Waals surface area (Å²) in [5.41, 5.74) is 2.29. The number of hydrogen-bond donors (Lipinski definition) is 0. The van der Waals surface area contributed by atoms with E-state index in [1.54, 1.807) is 24.4 Å². The molecule has 0 unspecified atom stereocenters. The zero-order chi connectivity index (χ0) is 17.8. The molecule has 3 rings (SSSR count). The summed E-state index contributed by atoms with van der Waals surface area (Å²) in [5.74, 6) is 0. The highest BCUT2D eigenvalue weighted by atomic mass is 16.6. The highest BCUT2D eigenvalue weighted by Gasteiger charge is 2.05. The van der Waals surface area contributed by atoms with Gasteiger partial charge in [-0.3, -0.25) is 19.3 Å². The highest BCUT2D eigenvalue weighted by Crippen LogP contribution is 2.11. The van der Waals surface area contributed by atoms with Gasteiger partial charge >= 0.3 is 0 Å². The molecule has 0 spiro atoms. The topological polar surface area (TPSA) is 99.1 Å². The summed E-state index contributed by atoms with van der Waals surface area (Å²) in [4.78, 5) is 31.8. The fourth-order valence-corrected chi connectivity index (χ4v) is 2.25. The maximum absolute atomic E-state index is 12.0. The van der Waals surface area contributed by atoms with Crippen LogP contribution in [0.4, 0.5) is 5.69 Å². The van der Waals surface area contributed by atoms with Gasteiger partial charge in [0.25, 0.3) is 11.2 Å². The van der Waals surface area contributed by atoms with Gasteiger partial charge in [0, 0.05) is 30.0 Å². The number of oxime groups is 1. The standard InChI is InChI=1S/C17H14N4O4/c1-12-5-6-20-16(7-12)19-14(9-17(20)22)11-25-18-10-13-3-2-4-15(8-13)21(23)24/h2-10H,11H2,1H3. The minimum Gasteiger partial charge on any atom is -0.389 e. The van der Waals surface area contributed by atoms with E-state index < -0.39 is 4.92 Å². The lowest BCUT2D eigenvalue weighted by molar-refractivity contribution is -0.384.